The molecular formula is C17H15FN4O3. The monoisotopic (exact) mass is 342 g/mol. The number of rotatable bonds is 2. The van der Waals surface area contributed by atoms with Gasteiger partial charge in [0.15, 0.2) is 17.2 Å². The van der Waals surface area contributed by atoms with E-state index in [2.05, 4.69) is 10.1 Å². The number of ether oxygens (including phenoxy) is 1. The molecule has 128 valence electrons. The van der Waals surface area contributed by atoms with Gasteiger partial charge in [0.25, 0.3) is 11.5 Å². The summed E-state index contributed by atoms with van der Waals surface area (Å²) in [6.07, 6.45) is 2.12. The normalized spacial score (nSPS) is 13.8. The molecule has 0 radical (unpaired) electrons. The molecule has 1 amide bonds. The summed E-state index contributed by atoms with van der Waals surface area (Å²) in [5.74, 6) is -0.846. The number of benzene rings is 1. The number of hydrogen-bond acceptors (Lipinski definition) is 4. The first-order valence-electron chi connectivity index (χ1n) is 7.79. The minimum absolute atomic E-state index is 0.0807. The number of aromatic nitrogens is 3. The number of halogens is 1. The van der Waals surface area contributed by atoms with Gasteiger partial charge in [-0.25, -0.2) is 13.9 Å². The molecule has 1 aromatic carbocycles. The van der Waals surface area contributed by atoms with Crippen molar-refractivity contribution in [3.8, 4) is 5.75 Å². The summed E-state index contributed by atoms with van der Waals surface area (Å²) in [5, 5.41) is 2.81. The highest BCUT2D eigenvalue weighted by Gasteiger charge is 2.26. The zero-order valence-corrected chi connectivity index (χ0v) is 13.5. The molecule has 0 spiro atoms. The second-order valence-corrected chi connectivity index (χ2v) is 5.82. The molecule has 1 aliphatic heterocycles. The van der Waals surface area contributed by atoms with Gasteiger partial charge in [0, 0.05) is 30.8 Å². The van der Waals surface area contributed by atoms with Crippen molar-refractivity contribution in [2.75, 3.05) is 13.7 Å². The van der Waals surface area contributed by atoms with E-state index in [4.69, 9.17) is 4.74 Å². The van der Waals surface area contributed by atoms with Crippen molar-refractivity contribution in [2.24, 2.45) is 0 Å². The van der Waals surface area contributed by atoms with Crippen LogP contribution in [0, 0.1) is 5.82 Å². The van der Waals surface area contributed by atoms with E-state index in [1.165, 1.54) is 28.7 Å². The molecule has 1 N–H and O–H groups in total. The molecule has 7 nitrogen and oxygen atoms in total. The van der Waals surface area contributed by atoms with E-state index in [1.807, 2.05) is 0 Å². The molecule has 3 heterocycles. The third-order valence-electron chi connectivity index (χ3n) is 4.38. The molecule has 0 saturated heterocycles. The maximum atomic E-state index is 13.9. The average molecular weight is 342 g/mol. The Morgan fingerprint density at radius 1 is 1.36 bits per heavy atom. The third kappa shape index (κ3) is 2.46. The van der Waals surface area contributed by atoms with Gasteiger partial charge in [-0.2, -0.15) is 0 Å². The van der Waals surface area contributed by atoms with Gasteiger partial charge in [-0.1, -0.05) is 0 Å². The molecule has 0 unspecified atom stereocenters. The van der Waals surface area contributed by atoms with Crippen LogP contribution in [0.3, 0.4) is 0 Å². The summed E-state index contributed by atoms with van der Waals surface area (Å²) in [6.45, 7) is 0.572. The van der Waals surface area contributed by atoms with Crippen LogP contribution in [0.1, 0.15) is 21.6 Å². The molecule has 0 aliphatic carbocycles. The highest BCUT2D eigenvalue weighted by molar-refractivity contribution is 5.94. The van der Waals surface area contributed by atoms with Gasteiger partial charge < -0.3 is 9.64 Å². The number of hydrogen-bond donors (Lipinski definition) is 1. The van der Waals surface area contributed by atoms with E-state index in [1.54, 1.807) is 12.3 Å². The lowest BCUT2D eigenvalue weighted by Gasteiger charge is -2.27. The van der Waals surface area contributed by atoms with Crippen molar-refractivity contribution in [3.05, 3.63) is 63.5 Å². The van der Waals surface area contributed by atoms with E-state index in [0.717, 1.165) is 6.07 Å². The summed E-state index contributed by atoms with van der Waals surface area (Å²) in [7, 11) is 1.36. The fraction of sp³-hybridized carbons (Fsp3) is 0.235. The van der Waals surface area contributed by atoms with Crippen molar-refractivity contribution >= 4 is 11.6 Å². The summed E-state index contributed by atoms with van der Waals surface area (Å²) in [4.78, 5) is 31.2. The Hall–Kier alpha value is -3.16. The SMILES string of the molecule is COc1ccc(C(=O)N2CCc3nc4cc[nH]n4c(=O)c3C2)cc1F. The fourth-order valence-corrected chi connectivity index (χ4v) is 3.07. The first kappa shape index (κ1) is 15.4. The quantitative estimate of drug-likeness (QED) is 0.763. The number of nitrogens with one attached hydrogen (secondary N) is 1. The Kier molecular flexibility index (Phi) is 3.52. The first-order chi connectivity index (χ1) is 12.1. The zero-order valence-electron chi connectivity index (χ0n) is 13.5. The molecule has 4 rings (SSSR count). The number of carbonyl (C=O) groups is 1. The minimum atomic E-state index is -0.597. The number of amides is 1. The second kappa shape index (κ2) is 5.73. The summed E-state index contributed by atoms with van der Waals surface area (Å²) < 4.78 is 20.1. The molecule has 0 bridgehead atoms. The highest BCUT2D eigenvalue weighted by atomic mass is 19.1. The molecular weight excluding hydrogens is 327 g/mol. The van der Waals surface area contributed by atoms with Crippen LogP contribution in [0.4, 0.5) is 4.39 Å². The van der Waals surface area contributed by atoms with Gasteiger partial charge in [0.2, 0.25) is 0 Å². The molecule has 25 heavy (non-hydrogen) atoms. The van der Waals surface area contributed by atoms with Crippen molar-refractivity contribution in [2.45, 2.75) is 13.0 Å². The molecule has 8 heteroatoms. The lowest BCUT2D eigenvalue weighted by Crippen LogP contribution is -2.40. The fourth-order valence-electron chi connectivity index (χ4n) is 3.07. The van der Waals surface area contributed by atoms with Crippen LogP contribution in [0.15, 0.2) is 35.3 Å². The molecule has 0 atom stereocenters. The minimum Gasteiger partial charge on any atom is -0.494 e. The summed E-state index contributed by atoms with van der Waals surface area (Å²) in [5.41, 5.74) is 1.74. The smallest absolute Gasteiger partial charge is 0.277 e. The number of nitrogens with zero attached hydrogens (tertiary/aromatic N) is 3. The molecule has 1 aliphatic rings. The highest BCUT2D eigenvalue weighted by Crippen LogP contribution is 2.21. The Morgan fingerprint density at radius 2 is 2.20 bits per heavy atom. The molecule has 0 fully saturated rings. The molecule has 2 aromatic heterocycles. The largest absolute Gasteiger partial charge is 0.494 e. The van der Waals surface area contributed by atoms with Crippen LogP contribution in [0.25, 0.3) is 5.65 Å². The van der Waals surface area contributed by atoms with Crippen LogP contribution in [-0.4, -0.2) is 39.1 Å². The Labute approximate surface area is 141 Å². The van der Waals surface area contributed by atoms with Crippen LogP contribution in [-0.2, 0) is 13.0 Å². The first-order valence-corrected chi connectivity index (χ1v) is 7.79. The predicted octanol–water partition coefficient (Wildman–Crippen LogP) is 1.37. The van der Waals surface area contributed by atoms with Gasteiger partial charge in [-0.15, -0.1) is 0 Å². The van der Waals surface area contributed by atoms with Crippen LogP contribution in [0.2, 0.25) is 0 Å². The predicted molar refractivity (Wildman–Crippen MR) is 87.2 cm³/mol. The third-order valence-corrected chi connectivity index (χ3v) is 4.38. The van der Waals surface area contributed by atoms with Gasteiger partial charge in [-0.3, -0.25) is 14.7 Å². The van der Waals surface area contributed by atoms with Gasteiger partial charge in [0.1, 0.15) is 0 Å². The number of carbonyl (C=O) groups excluding carboxylic acids is 1. The zero-order chi connectivity index (χ0) is 17.6. The Bertz CT molecular complexity index is 1040. The van der Waals surface area contributed by atoms with Crippen molar-refractivity contribution in [1.82, 2.24) is 19.5 Å². The standard InChI is InChI=1S/C17H15FN4O3/c1-25-14-3-2-10(8-12(14)18)16(23)21-7-5-13-11(9-21)17(24)22-15(20-13)4-6-19-22/h2-4,6,8,19H,5,7,9H2,1H3. The van der Waals surface area contributed by atoms with Gasteiger partial charge >= 0.3 is 0 Å². The summed E-state index contributed by atoms with van der Waals surface area (Å²) in [6, 6.07) is 5.80. The Morgan fingerprint density at radius 3 is 2.96 bits per heavy atom. The Balaban J connectivity index is 1.67. The van der Waals surface area contributed by atoms with Crippen molar-refractivity contribution < 1.29 is 13.9 Å². The maximum Gasteiger partial charge on any atom is 0.277 e. The van der Waals surface area contributed by atoms with Crippen molar-refractivity contribution in [3.63, 3.8) is 0 Å². The topological polar surface area (TPSA) is 79.7 Å². The molecule has 3 aromatic rings. The lowest BCUT2D eigenvalue weighted by atomic mass is 10.1. The number of H-pyrrole nitrogens is 1. The second-order valence-electron chi connectivity index (χ2n) is 5.82. The average Bonchev–Trinajstić information content (AvgIpc) is 3.10. The number of aromatic amines is 1. The van der Waals surface area contributed by atoms with E-state index in [0.29, 0.717) is 29.9 Å². The van der Waals surface area contributed by atoms with Crippen LogP contribution in [0.5, 0.6) is 5.75 Å². The van der Waals surface area contributed by atoms with E-state index in [9.17, 15) is 14.0 Å². The van der Waals surface area contributed by atoms with Crippen LogP contribution < -0.4 is 10.3 Å². The van der Waals surface area contributed by atoms with Crippen LogP contribution >= 0.6 is 0 Å². The molecule has 0 saturated carbocycles. The lowest BCUT2D eigenvalue weighted by molar-refractivity contribution is 0.0732. The van der Waals surface area contributed by atoms with E-state index in [-0.39, 0.29) is 29.3 Å². The van der Waals surface area contributed by atoms with Gasteiger partial charge in [-0.05, 0) is 18.2 Å². The number of methoxy groups -OCH3 is 1. The van der Waals surface area contributed by atoms with E-state index < -0.39 is 5.82 Å². The maximum absolute atomic E-state index is 13.9. The van der Waals surface area contributed by atoms with Gasteiger partial charge in [0.05, 0.1) is 24.9 Å². The number of fused-ring (bicyclic) bond motifs is 2. The van der Waals surface area contributed by atoms with Crippen molar-refractivity contribution in [1.29, 1.82) is 0 Å². The van der Waals surface area contributed by atoms with E-state index >= 15 is 0 Å². The summed E-state index contributed by atoms with van der Waals surface area (Å²) >= 11 is 0.